The van der Waals surface area contributed by atoms with Crippen LogP contribution in [0.5, 0.6) is 5.75 Å². The van der Waals surface area contributed by atoms with Crippen LogP contribution in [0.25, 0.3) is 0 Å². The molecular formula is C17H26F3N5O. The number of alkyl halides is 3. The molecule has 0 aromatic heterocycles. The highest BCUT2D eigenvalue weighted by Crippen LogP contribution is 2.26. The van der Waals surface area contributed by atoms with Gasteiger partial charge >= 0.3 is 6.18 Å². The number of halogens is 3. The summed E-state index contributed by atoms with van der Waals surface area (Å²) in [6.07, 6.45) is -4.14. The number of anilines is 1. The molecule has 1 heterocycles. The van der Waals surface area contributed by atoms with Crippen molar-refractivity contribution in [2.45, 2.75) is 19.6 Å². The van der Waals surface area contributed by atoms with E-state index < -0.39 is 12.7 Å². The lowest BCUT2D eigenvalue weighted by molar-refractivity contribution is -0.149. The molecule has 0 radical (unpaired) electrons. The monoisotopic (exact) mass is 373 g/mol. The van der Waals surface area contributed by atoms with Gasteiger partial charge in [-0.3, -0.25) is 14.8 Å². The molecular weight excluding hydrogens is 347 g/mol. The van der Waals surface area contributed by atoms with E-state index in [1.54, 1.807) is 7.05 Å². The van der Waals surface area contributed by atoms with Crippen molar-refractivity contribution in [1.82, 2.24) is 9.80 Å². The fourth-order valence-electron chi connectivity index (χ4n) is 2.86. The molecule has 6 nitrogen and oxygen atoms in total. The summed E-state index contributed by atoms with van der Waals surface area (Å²) in [4.78, 5) is 7.44. The Morgan fingerprint density at radius 2 is 1.88 bits per heavy atom. The third-order valence-corrected chi connectivity index (χ3v) is 4.14. The molecule has 1 aromatic carbocycles. The minimum atomic E-state index is -4.14. The minimum absolute atomic E-state index is 0.306. The fraction of sp³-hybridized carbons (Fsp3) is 0.588. The number of nitrogens with one attached hydrogen (secondary N) is 1. The normalized spacial score (nSPS) is 17.3. The lowest BCUT2D eigenvalue weighted by atomic mass is 10.1. The molecule has 2 rings (SSSR count). The van der Waals surface area contributed by atoms with Crippen LogP contribution in [-0.2, 0) is 6.54 Å². The van der Waals surface area contributed by atoms with Gasteiger partial charge < -0.3 is 15.8 Å². The summed E-state index contributed by atoms with van der Waals surface area (Å²) in [5.74, 6) is 1.04. The molecule has 1 aromatic rings. The Morgan fingerprint density at radius 1 is 1.23 bits per heavy atom. The standard InChI is InChI=1S/C17H26F3N5O/c1-3-26-15-10-14(23-16(21)22-2)5-4-13(15)11-24-6-8-25(9-7-24)12-17(18,19)20/h4-5,10H,3,6-9,11-12H2,1-2H3,(H3,21,22,23). The molecule has 1 saturated heterocycles. The predicted octanol–water partition coefficient (Wildman–Crippen LogP) is 2.12. The van der Waals surface area contributed by atoms with Gasteiger partial charge in [0.15, 0.2) is 5.96 Å². The van der Waals surface area contributed by atoms with E-state index in [1.807, 2.05) is 25.1 Å². The fourth-order valence-corrected chi connectivity index (χ4v) is 2.86. The summed E-state index contributed by atoms with van der Waals surface area (Å²) in [5.41, 5.74) is 7.45. The Morgan fingerprint density at radius 3 is 2.46 bits per heavy atom. The average Bonchev–Trinajstić information content (AvgIpc) is 2.57. The highest BCUT2D eigenvalue weighted by molar-refractivity contribution is 5.92. The molecule has 1 fully saturated rings. The molecule has 3 N–H and O–H groups in total. The zero-order valence-electron chi connectivity index (χ0n) is 15.1. The van der Waals surface area contributed by atoms with Crippen LogP contribution in [0.4, 0.5) is 18.9 Å². The molecule has 9 heteroatoms. The quantitative estimate of drug-likeness (QED) is 0.591. The zero-order valence-corrected chi connectivity index (χ0v) is 15.1. The molecule has 0 saturated carbocycles. The zero-order chi connectivity index (χ0) is 19.2. The maximum atomic E-state index is 12.5. The lowest BCUT2D eigenvalue weighted by Crippen LogP contribution is -2.48. The van der Waals surface area contributed by atoms with Crippen molar-refractivity contribution >= 4 is 11.6 Å². The van der Waals surface area contributed by atoms with Crippen LogP contribution in [0, 0.1) is 0 Å². The van der Waals surface area contributed by atoms with E-state index in [0.717, 1.165) is 17.0 Å². The Labute approximate surface area is 151 Å². The first kappa shape index (κ1) is 20.3. The summed E-state index contributed by atoms with van der Waals surface area (Å²) < 4.78 is 43.2. The number of aliphatic imine (C=N–C) groups is 1. The first-order valence-corrected chi connectivity index (χ1v) is 8.57. The van der Waals surface area contributed by atoms with Crippen LogP contribution in [0.15, 0.2) is 23.2 Å². The van der Waals surface area contributed by atoms with Gasteiger partial charge in [-0.2, -0.15) is 13.2 Å². The summed E-state index contributed by atoms with van der Waals surface area (Å²) in [6.45, 7) is 4.22. The van der Waals surface area contributed by atoms with Gasteiger partial charge in [0.25, 0.3) is 0 Å². The molecule has 0 unspecified atom stereocenters. The van der Waals surface area contributed by atoms with Crippen molar-refractivity contribution in [3.05, 3.63) is 23.8 Å². The number of rotatable bonds is 6. The van der Waals surface area contributed by atoms with Crippen LogP contribution in [0.3, 0.4) is 0 Å². The van der Waals surface area contributed by atoms with Crippen LogP contribution in [0.2, 0.25) is 0 Å². The predicted molar refractivity (Wildman–Crippen MR) is 96.6 cm³/mol. The van der Waals surface area contributed by atoms with Gasteiger partial charge in [-0.15, -0.1) is 0 Å². The van der Waals surface area contributed by atoms with E-state index in [1.165, 1.54) is 4.90 Å². The van der Waals surface area contributed by atoms with Crippen LogP contribution in [-0.4, -0.2) is 68.3 Å². The van der Waals surface area contributed by atoms with E-state index >= 15 is 0 Å². The van der Waals surface area contributed by atoms with Gasteiger partial charge in [-0.25, -0.2) is 0 Å². The van der Waals surface area contributed by atoms with Crippen LogP contribution in [0.1, 0.15) is 12.5 Å². The van der Waals surface area contributed by atoms with E-state index in [9.17, 15) is 13.2 Å². The van der Waals surface area contributed by atoms with Gasteiger partial charge in [0.2, 0.25) is 0 Å². The SMILES string of the molecule is CCOc1cc(N/C(N)=N/C)ccc1CN1CCN(CC(F)(F)F)CC1. The second-order valence-corrected chi connectivity index (χ2v) is 6.16. The lowest BCUT2D eigenvalue weighted by Gasteiger charge is -2.35. The molecule has 0 aliphatic carbocycles. The molecule has 0 spiro atoms. The Hall–Kier alpha value is -2.00. The van der Waals surface area contributed by atoms with Crippen molar-refractivity contribution < 1.29 is 17.9 Å². The third-order valence-electron chi connectivity index (χ3n) is 4.14. The number of nitrogens with zero attached hydrogens (tertiary/aromatic N) is 3. The maximum Gasteiger partial charge on any atom is 0.401 e. The number of guanidine groups is 1. The summed E-state index contributed by atoms with van der Waals surface area (Å²) in [6, 6.07) is 5.69. The largest absolute Gasteiger partial charge is 0.493 e. The number of nitrogens with two attached hydrogens (primary N) is 1. The van der Waals surface area contributed by atoms with Crippen molar-refractivity contribution in [3.63, 3.8) is 0 Å². The van der Waals surface area contributed by atoms with Gasteiger partial charge in [0.1, 0.15) is 5.75 Å². The van der Waals surface area contributed by atoms with Gasteiger partial charge in [-0.1, -0.05) is 6.07 Å². The molecule has 146 valence electrons. The first-order valence-electron chi connectivity index (χ1n) is 8.57. The van der Waals surface area contributed by atoms with E-state index in [2.05, 4.69) is 15.2 Å². The van der Waals surface area contributed by atoms with Crippen LogP contribution < -0.4 is 15.8 Å². The molecule has 1 aliphatic heterocycles. The highest BCUT2D eigenvalue weighted by Gasteiger charge is 2.32. The second kappa shape index (κ2) is 9.09. The summed E-state index contributed by atoms with van der Waals surface area (Å²) >= 11 is 0. The van der Waals surface area contributed by atoms with Crippen molar-refractivity contribution in [2.24, 2.45) is 10.7 Å². The van der Waals surface area contributed by atoms with Crippen LogP contribution >= 0.6 is 0 Å². The Kier molecular flexibility index (Phi) is 7.10. The van der Waals surface area contributed by atoms with Gasteiger partial charge in [0.05, 0.1) is 13.2 Å². The smallest absolute Gasteiger partial charge is 0.401 e. The number of benzene rings is 1. The van der Waals surface area contributed by atoms with Gasteiger partial charge in [-0.05, 0) is 13.0 Å². The molecule has 0 bridgehead atoms. The molecule has 0 atom stereocenters. The number of hydrogen-bond donors (Lipinski definition) is 2. The van der Waals surface area contributed by atoms with Crippen molar-refractivity contribution in [2.75, 3.05) is 51.7 Å². The first-order chi connectivity index (χ1) is 12.3. The minimum Gasteiger partial charge on any atom is -0.493 e. The highest BCUT2D eigenvalue weighted by atomic mass is 19.4. The van der Waals surface area contributed by atoms with E-state index in [4.69, 9.17) is 10.5 Å². The van der Waals surface area contributed by atoms with Crippen molar-refractivity contribution in [3.8, 4) is 5.75 Å². The van der Waals surface area contributed by atoms with E-state index in [-0.39, 0.29) is 0 Å². The second-order valence-electron chi connectivity index (χ2n) is 6.16. The molecule has 26 heavy (non-hydrogen) atoms. The van der Waals surface area contributed by atoms with Gasteiger partial charge in [0, 0.05) is 57.1 Å². The maximum absolute atomic E-state index is 12.5. The summed E-state index contributed by atoms with van der Waals surface area (Å²) in [5, 5.41) is 2.97. The topological polar surface area (TPSA) is 66.1 Å². The number of ether oxygens (including phenoxy) is 1. The van der Waals surface area contributed by atoms with E-state index in [0.29, 0.717) is 45.3 Å². The Balaban J connectivity index is 1.98. The Bertz CT molecular complexity index is 613. The molecule has 1 aliphatic rings. The summed E-state index contributed by atoms with van der Waals surface area (Å²) in [7, 11) is 1.60. The third kappa shape index (κ3) is 6.38. The number of piperazine rings is 1. The molecule has 0 amide bonds. The van der Waals surface area contributed by atoms with Crippen molar-refractivity contribution in [1.29, 1.82) is 0 Å². The number of hydrogen-bond acceptors (Lipinski definition) is 4. The average molecular weight is 373 g/mol.